The first kappa shape index (κ1) is 31.9. The van der Waals surface area contributed by atoms with Gasteiger partial charge in [-0.3, -0.25) is 14.3 Å². The van der Waals surface area contributed by atoms with Gasteiger partial charge in [0.05, 0.1) is 28.0 Å². The molecule has 0 saturated carbocycles. The lowest BCUT2D eigenvalue weighted by atomic mass is 10.1. The molecule has 0 radical (unpaired) electrons. The molecule has 2 aliphatic rings. The number of likely N-dealkylation sites (tertiary alicyclic amines) is 1. The van der Waals surface area contributed by atoms with Gasteiger partial charge in [-0.05, 0) is 31.0 Å². The maximum Gasteiger partial charge on any atom is 0.435 e. The number of nitrogens with one attached hydrogen (secondary N) is 1. The second-order valence-corrected chi connectivity index (χ2v) is 11.3. The third-order valence-electron chi connectivity index (χ3n) is 7.77. The molecule has 12 nitrogen and oxygen atoms in total. The van der Waals surface area contributed by atoms with Crippen LogP contribution in [0.3, 0.4) is 0 Å². The number of imidazole rings is 1. The Bertz CT molecular complexity index is 1650. The van der Waals surface area contributed by atoms with E-state index < -0.39 is 17.8 Å². The van der Waals surface area contributed by atoms with E-state index in [1.165, 1.54) is 29.8 Å². The highest BCUT2D eigenvalue weighted by molar-refractivity contribution is 6.34. The van der Waals surface area contributed by atoms with E-state index in [-0.39, 0.29) is 57.9 Å². The van der Waals surface area contributed by atoms with Gasteiger partial charge in [0, 0.05) is 64.2 Å². The number of amides is 4. The van der Waals surface area contributed by atoms with Crippen molar-refractivity contribution in [1.82, 2.24) is 34.0 Å². The molecule has 0 aliphatic carbocycles. The van der Waals surface area contributed by atoms with E-state index in [1.807, 2.05) is 0 Å². The summed E-state index contributed by atoms with van der Waals surface area (Å²) < 4.78 is 43.2. The molecule has 238 valence electrons. The number of aromatic nitrogens is 4. The molecule has 0 spiro atoms. The van der Waals surface area contributed by atoms with Crippen LogP contribution in [0.4, 0.5) is 23.7 Å². The summed E-state index contributed by atoms with van der Waals surface area (Å²) in [5.41, 5.74) is 5.06. The maximum atomic E-state index is 13.7. The Morgan fingerprint density at radius 1 is 1.13 bits per heavy atom. The van der Waals surface area contributed by atoms with Crippen molar-refractivity contribution < 1.29 is 27.6 Å². The number of anilines is 1. The zero-order chi connectivity index (χ0) is 32.5. The largest absolute Gasteiger partial charge is 0.435 e. The number of carbonyl (C=O) groups is 3. The van der Waals surface area contributed by atoms with Crippen molar-refractivity contribution in [3.05, 3.63) is 52.7 Å². The van der Waals surface area contributed by atoms with E-state index in [2.05, 4.69) is 21.3 Å². The summed E-state index contributed by atoms with van der Waals surface area (Å²) in [4.78, 5) is 48.3. The van der Waals surface area contributed by atoms with Crippen molar-refractivity contribution >= 4 is 35.1 Å². The Labute approximate surface area is 261 Å². The van der Waals surface area contributed by atoms with E-state index in [9.17, 15) is 27.6 Å². The maximum absolute atomic E-state index is 13.7. The summed E-state index contributed by atoms with van der Waals surface area (Å²) in [6.07, 6.45) is 4.52. The number of piperazine rings is 1. The number of alkyl halides is 3. The van der Waals surface area contributed by atoms with Crippen molar-refractivity contribution in [2.45, 2.75) is 31.6 Å². The Morgan fingerprint density at radius 2 is 1.84 bits per heavy atom. The summed E-state index contributed by atoms with van der Waals surface area (Å²) in [7, 11) is 1.40. The SMILES string of the molecule is C#CCn1cc(-c2cnc(C(=O)Nc3ccc(C(=O)N4CCN(C(=O)N5CCC[C@H](N)C5)CC4)c(Cl)c3)n2C)c(C(F)(F)F)n1. The fourth-order valence-electron chi connectivity index (χ4n) is 5.47. The summed E-state index contributed by atoms with van der Waals surface area (Å²) in [6, 6.07) is 4.28. The minimum Gasteiger partial charge on any atom is -0.335 e. The monoisotopic (exact) mass is 645 g/mol. The van der Waals surface area contributed by atoms with Crippen molar-refractivity contribution in [1.29, 1.82) is 0 Å². The van der Waals surface area contributed by atoms with Gasteiger partial charge in [0.15, 0.2) is 11.5 Å². The summed E-state index contributed by atoms with van der Waals surface area (Å²) in [5, 5.41) is 6.25. The van der Waals surface area contributed by atoms with Gasteiger partial charge in [0.1, 0.15) is 6.54 Å². The topological polar surface area (TPSA) is 135 Å². The normalized spacial score (nSPS) is 17.3. The molecule has 2 aliphatic heterocycles. The molecule has 3 aromatic rings. The van der Waals surface area contributed by atoms with E-state index in [4.69, 9.17) is 23.8 Å². The average molecular weight is 646 g/mol. The van der Waals surface area contributed by atoms with Gasteiger partial charge < -0.3 is 30.3 Å². The third-order valence-corrected chi connectivity index (χ3v) is 8.09. The number of urea groups is 1. The zero-order valence-electron chi connectivity index (χ0n) is 24.3. The number of carbonyl (C=O) groups excluding carboxylic acids is 3. The predicted molar refractivity (Wildman–Crippen MR) is 159 cm³/mol. The van der Waals surface area contributed by atoms with E-state index >= 15 is 0 Å². The molecular weight excluding hydrogens is 615 g/mol. The standard InChI is InChI=1S/C29H31ClF3N9O3/c1-3-8-42-17-21(24(37-42)29(31,32)33)23-15-35-25(38(23)2)26(43)36-19-6-7-20(22(30)14-19)27(44)39-10-12-40(13-11-39)28(45)41-9-4-5-18(34)16-41/h1,6-7,14-15,17-18H,4-5,8-13,16,34H2,2H3,(H,36,43)/t18-/m0/s1. The minimum atomic E-state index is -4.76. The lowest BCUT2D eigenvalue weighted by Gasteiger charge is -2.39. The fourth-order valence-corrected chi connectivity index (χ4v) is 5.73. The van der Waals surface area contributed by atoms with Crippen molar-refractivity contribution in [2.24, 2.45) is 12.8 Å². The first-order valence-electron chi connectivity index (χ1n) is 14.2. The van der Waals surface area contributed by atoms with Crippen LogP contribution in [0.5, 0.6) is 0 Å². The highest BCUT2D eigenvalue weighted by atomic mass is 35.5. The van der Waals surface area contributed by atoms with Crippen LogP contribution < -0.4 is 11.1 Å². The molecule has 16 heteroatoms. The van der Waals surface area contributed by atoms with Crippen molar-refractivity contribution in [3.63, 3.8) is 0 Å². The lowest BCUT2D eigenvalue weighted by molar-refractivity contribution is -0.141. The van der Waals surface area contributed by atoms with E-state index in [1.54, 1.807) is 14.7 Å². The van der Waals surface area contributed by atoms with Gasteiger partial charge >= 0.3 is 12.2 Å². The number of piperidine rings is 1. The second kappa shape index (κ2) is 12.8. The highest BCUT2D eigenvalue weighted by Gasteiger charge is 2.38. The summed E-state index contributed by atoms with van der Waals surface area (Å²) >= 11 is 6.44. The number of hydrogen-bond donors (Lipinski definition) is 2. The Kier molecular flexibility index (Phi) is 9.08. The van der Waals surface area contributed by atoms with Gasteiger partial charge in [0.2, 0.25) is 0 Å². The molecule has 0 unspecified atom stereocenters. The molecule has 3 N–H and O–H groups in total. The molecule has 2 saturated heterocycles. The van der Waals surface area contributed by atoms with Crippen LogP contribution in [0.1, 0.15) is 39.5 Å². The highest BCUT2D eigenvalue weighted by Crippen LogP contribution is 2.36. The molecule has 4 heterocycles. The minimum absolute atomic E-state index is 0.0102. The van der Waals surface area contributed by atoms with Crippen molar-refractivity contribution in [3.8, 4) is 23.6 Å². The Balaban J connectivity index is 1.23. The number of terminal acetylenes is 1. The molecule has 2 fully saturated rings. The van der Waals surface area contributed by atoms with Gasteiger partial charge in [-0.1, -0.05) is 17.5 Å². The molecule has 1 aromatic carbocycles. The Hall–Kier alpha value is -4.55. The number of rotatable bonds is 5. The first-order valence-corrected chi connectivity index (χ1v) is 14.5. The van der Waals surface area contributed by atoms with E-state index in [0.717, 1.165) is 29.9 Å². The molecule has 1 atom stereocenters. The molecule has 0 bridgehead atoms. The van der Waals surface area contributed by atoms with E-state index in [0.29, 0.717) is 39.3 Å². The van der Waals surface area contributed by atoms with Crippen LogP contribution in [-0.2, 0) is 19.8 Å². The van der Waals surface area contributed by atoms with Crippen molar-refractivity contribution in [2.75, 3.05) is 44.6 Å². The number of halogens is 4. The van der Waals surface area contributed by atoms with Crippen LogP contribution in [0.15, 0.2) is 30.6 Å². The Morgan fingerprint density at radius 3 is 2.49 bits per heavy atom. The number of nitrogens with two attached hydrogens (primary N) is 1. The van der Waals surface area contributed by atoms with Gasteiger partial charge in [0.25, 0.3) is 11.8 Å². The summed E-state index contributed by atoms with van der Waals surface area (Å²) in [5.74, 6) is 1.04. The molecular formula is C29H31ClF3N9O3. The van der Waals surface area contributed by atoms with Gasteiger partial charge in [-0.2, -0.15) is 18.3 Å². The number of hydrogen-bond acceptors (Lipinski definition) is 6. The molecule has 4 amide bonds. The van der Waals surface area contributed by atoms with Crippen LogP contribution in [0.2, 0.25) is 5.02 Å². The van der Waals surface area contributed by atoms with Crippen LogP contribution in [0, 0.1) is 12.3 Å². The first-order chi connectivity index (χ1) is 21.4. The van der Waals surface area contributed by atoms with Crippen LogP contribution >= 0.6 is 11.6 Å². The van der Waals surface area contributed by atoms with Gasteiger partial charge in [-0.15, -0.1) is 6.42 Å². The van der Waals surface area contributed by atoms with Crippen LogP contribution in [0.25, 0.3) is 11.3 Å². The predicted octanol–water partition coefficient (Wildman–Crippen LogP) is 3.14. The summed E-state index contributed by atoms with van der Waals surface area (Å²) in [6.45, 7) is 2.44. The zero-order valence-corrected chi connectivity index (χ0v) is 25.1. The number of nitrogens with zero attached hydrogens (tertiary/aromatic N) is 7. The van der Waals surface area contributed by atoms with Gasteiger partial charge in [-0.25, -0.2) is 9.78 Å². The average Bonchev–Trinajstić information content (AvgIpc) is 3.60. The number of benzene rings is 1. The third kappa shape index (κ3) is 6.76. The van der Waals surface area contributed by atoms with Crippen LogP contribution in [-0.4, -0.2) is 97.2 Å². The second-order valence-electron chi connectivity index (χ2n) is 10.9. The molecule has 2 aromatic heterocycles. The molecule has 5 rings (SSSR count). The smallest absolute Gasteiger partial charge is 0.335 e. The quantitative estimate of drug-likeness (QED) is 0.410. The fraction of sp³-hybridized carbons (Fsp3) is 0.414. The molecule has 45 heavy (non-hydrogen) atoms. The lowest BCUT2D eigenvalue weighted by Crippen LogP contribution is -2.56.